The summed E-state index contributed by atoms with van der Waals surface area (Å²) < 4.78 is 33.0. The van der Waals surface area contributed by atoms with Crippen LogP contribution < -0.4 is 10.6 Å². The van der Waals surface area contributed by atoms with Crippen molar-refractivity contribution in [2.45, 2.75) is 6.42 Å². The largest absolute Gasteiger partial charge is 0.385 e. The van der Waals surface area contributed by atoms with Crippen LogP contribution in [0.3, 0.4) is 0 Å². The Morgan fingerprint density at radius 1 is 0.926 bits per heavy atom. The van der Waals surface area contributed by atoms with E-state index in [9.17, 15) is 8.78 Å². The van der Waals surface area contributed by atoms with E-state index in [0.29, 0.717) is 30.6 Å². The molecule has 5 nitrogen and oxygen atoms in total. The number of hydrogen-bond acceptors (Lipinski definition) is 5. The average Bonchev–Trinajstić information content (AvgIpc) is 2.69. The minimum atomic E-state index is -0.690. The van der Waals surface area contributed by atoms with E-state index in [-0.39, 0.29) is 5.69 Å². The van der Waals surface area contributed by atoms with Gasteiger partial charge in [-0.25, -0.2) is 18.7 Å². The van der Waals surface area contributed by atoms with Gasteiger partial charge in [0, 0.05) is 31.9 Å². The van der Waals surface area contributed by atoms with E-state index in [2.05, 4.69) is 20.6 Å². The number of aromatic nitrogens is 2. The van der Waals surface area contributed by atoms with Crippen LogP contribution in [-0.4, -0.2) is 30.2 Å². The standard InChI is InChI=1S/C20H20F2N4O/c1-27-12-6-11-23-17-13-18(24-19-15(21)9-5-10-16(19)22)26-20(25-17)14-7-3-2-4-8-14/h2-5,7-10,13H,6,11-12H2,1H3,(H2,23,24,25,26). The zero-order valence-corrected chi connectivity index (χ0v) is 14.9. The molecule has 0 radical (unpaired) electrons. The SMILES string of the molecule is COCCCNc1cc(Nc2c(F)cccc2F)nc(-c2ccccc2)n1. The van der Waals surface area contributed by atoms with Crippen molar-refractivity contribution < 1.29 is 13.5 Å². The normalized spacial score (nSPS) is 10.6. The predicted molar refractivity (Wildman–Crippen MR) is 102 cm³/mol. The molecule has 0 aliphatic rings. The van der Waals surface area contributed by atoms with Gasteiger partial charge in [-0.3, -0.25) is 0 Å². The van der Waals surface area contributed by atoms with Crippen molar-refractivity contribution >= 4 is 17.3 Å². The summed E-state index contributed by atoms with van der Waals surface area (Å²) in [4.78, 5) is 8.90. The van der Waals surface area contributed by atoms with Crippen LogP contribution in [0.25, 0.3) is 11.4 Å². The van der Waals surface area contributed by atoms with E-state index >= 15 is 0 Å². The monoisotopic (exact) mass is 370 g/mol. The molecule has 0 saturated carbocycles. The van der Waals surface area contributed by atoms with Gasteiger partial charge < -0.3 is 15.4 Å². The summed E-state index contributed by atoms with van der Waals surface area (Å²) in [5.74, 6) is -0.0816. The van der Waals surface area contributed by atoms with Crippen LogP contribution in [0.1, 0.15) is 6.42 Å². The van der Waals surface area contributed by atoms with Gasteiger partial charge in [-0.05, 0) is 18.6 Å². The van der Waals surface area contributed by atoms with Crippen LogP contribution in [0.2, 0.25) is 0 Å². The third-order valence-corrected chi connectivity index (χ3v) is 3.81. The number of benzene rings is 2. The second-order valence-corrected chi connectivity index (χ2v) is 5.82. The molecule has 0 saturated heterocycles. The molecule has 0 spiro atoms. The van der Waals surface area contributed by atoms with E-state index in [0.717, 1.165) is 12.0 Å². The fourth-order valence-electron chi connectivity index (χ4n) is 2.50. The number of nitrogens with one attached hydrogen (secondary N) is 2. The first-order chi connectivity index (χ1) is 13.2. The molecule has 1 aromatic heterocycles. The molecule has 2 N–H and O–H groups in total. The van der Waals surface area contributed by atoms with E-state index in [4.69, 9.17) is 4.74 Å². The van der Waals surface area contributed by atoms with Gasteiger partial charge in [0.25, 0.3) is 0 Å². The molecule has 0 atom stereocenters. The molecule has 140 valence electrons. The highest BCUT2D eigenvalue weighted by molar-refractivity contribution is 5.65. The summed E-state index contributed by atoms with van der Waals surface area (Å²) in [6.07, 6.45) is 0.797. The summed E-state index contributed by atoms with van der Waals surface area (Å²) >= 11 is 0. The third kappa shape index (κ3) is 4.98. The molecule has 1 heterocycles. The van der Waals surface area contributed by atoms with Gasteiger partial charge in [-0.15, -0.1) is 0 Å². The maximum atomic E-state index is 14.0. The van der Waals surface area contributed by atoms with E-state index in [1.165, 1.54) is 18.2 Å². The molecule has 0 amide bonds. The van der Waals surface area contributed by atoms with Crippen molar-refractivity contribution in [2.75, 3.05) is 30.9 Å². The zero-order valence-electron chi connectivity index (χ0n) is 14.9. The number of halogens is 2. The minimum absolute atomic E-state index is 0.249. The quantitative estimate of drug-likeness (QED) is 0.567. The molecule has 0 unspecified atom stereocenters. The Hall–Kier alpha value is -3.06. The number of methoxy groups -OCH3 is 1. The number of hydrogen-bond donors (Lipinski definition) is 2. The van der Waals surface area contributed by atoms with Gasteiger partial charge in [0.2, 0.25) is 0 Å². The fraction of sp³-hybridized carbons (Fsp3) is 0.200. The molecular weight excluding hydrogens is 350 g/mol. The van der Waals surface area contributed by atoms with Crippen LogP contribution in [0.4, 0.5) is 26.1 Å². The van der Waals surface area contributed by atoms with Gasteiger partial charge in [-0.1, -0.05) is 36.4 Å². The smallest absolute Gasteiger partial charge is 0.163 e. The minimum Gasteiger partial charge on any atom is -0.385 e. The first-order valence-electron chi connectivity index (χ1n) is 8.55. The fourth-order valence-corrected chi connectivity index (χ4v) is 2.50. The predicted octanol–water partition coefficient (Wildman–Crippen LogP) is 4.61. The molecule has 7 heteroatoms. The highest BCUT2D eigenvalue weighted by atomic mass is 19.1. The highest BCUT2D eigenvalue weighted by Crippen LogP contribution is 2.25. The van der Waals surface area contributed by atoms with Crippen molar-refractivity contribution in [1.82, 2.24) is 9.97 Å². The van der Waals surface area contributed by atoms with Gasteiger partial charge in [0.1, 0.15) is 29.0 Å². The Labute approximate surface area is 156 Å². The average molecular weight is 370 g/mol. The van der Waals surface area contributed by atoms with Crippen molar-refractivity contribution in [3.63, 3.8) is 0 Å². The van der Waals surface area contributed by atoms with Gasteiger partial charge >= 0.3 is 0 Å². The molecule has 0 bridgehead atoms. The van der Waals surface area contributed by atoms with E-state index in [1.807, 2.05) is 30.3 Å². The molecular formula is C20H20F2N4O. The highest BCUT2D eigenvalue weighted by Gasteiger charge is 2.12. The van der Waals surface area contributed by atoms with Crippen LogP contribution in [0.5, 0.6) is 0 Å². The molecule has 3 aromatic rings. The van der Waals surface area contributed by atoms with Crippen LogP contribution >= 0.6 is 0 Å². The van der Waals surface area contributed by atoms with E-state index < -0.39 is 11.6 Å². The lowest BCUT2D eigenvalue weighted by Crippen LogP contribution is -2.08. The number of rotatable bonds is 8. The molecule has 0 aliphatic heterocycles. The van der Waals surface area contributed by atoms with Crippen molar-refractivity contribution in [3.8, 4) is 11.4 Å². The second kappa shape index (κ2) is 9.05. The van der Waals surface area contributed by atoms with Crippen LogP contribution in [0, 0.1) is 11.6 Å². The summed E-state index contributed by atoms with van der Waals surface area (Å²) in [6, 6.07) is 14.7. The summed E-state index contributed by atoms with van der Waals surface area (Å²) in [5.41, 5.74) is 0.552. The maximum Gasteiger partial charge on any atom is 0.163 e. The second-order valence-electron chi connectivity index (χ2n) is 5.82. The van der Waals surface area contributed by atoms with Crippen molar-refractivity contribution in [2.24, 2.45) is 0 Å². The van der Waals surface area contributed by atoms with Crippen LogP contribution in [0.15, 0.2) is 54.6 Å². The third-order valence-electron chi connectivity index (χ3n) is 3.81. The first-order valence-corrected chi connectivity index (χ1v) is 8.55. The lowest BCUT2D eigenvalue weighted by molar-refractivity contribution is 0.198. The number of ether oxygens (including phenoxy) is 1. The molecule has 0 aliphatic carbocycles. The number of para-hydroxylation sites is 1. The maximum absolute atomic E-state index is 14.0. The number of nitrogens with zero attached hydrogens (tertiary/aromatic N) is 2. The Kier molecular flexibility index (Phi) is 6.27. The number of anilines is 3. The first kappa shape index (κ1) is 18.7. The molecule has 0 fully saturated rings. The Balaban J connectivity index is 1.92. The summed E-state index contributed by atoms with van der Waals surface area (Å²) in [5, 5.41) is 5.91. The Morgan fingerprint density at radius 2 is 1.63 bits per heavy atom. The summed E-state index contributed by atoms with van der Waals surface area (Å²) in [7, 11) is 1.64. The molecule has 2 aromatic carbocycles. The lowest BCUT2D eigenvalue weighted by Gasteiger charge is -2.12. The van der Waals surface area contributed by atoms with Crippen molar-refractivity contribution in [1.29, 1.82) is 0 Å². The van der Waals surface area contributed by atoms with Crippen LogP contribution in [-0.2, 0) is 4.74 Å². The van der Waals surface area contributed by atoms with Gasteiger partial charge in [-0.2, -0.15) is 0 Å². The zero-order chi connectivity index (χ0) is 19.1. The molecule has 27 heavy (non-hydrogen) atoms. The molecule has 3 rings (SSSR count). The van der Waals surface area contributed by atoms with Crippen molar-refractivity contribution in [3.05, 3.63) is 66.2 Å². The van der Waals surface area contributed by atoms with E-state index in [1.54, 1.807) is 13.2 Å². The Morgan fingerprint density at radius 3 is 2.33 bits per heavy atom. The van der Waals surface area contributed by atoms with Gasteiger partial charge in [0.15, 0.2) is 5.82 Å². The van der Waals surface area contributed by atoms with Gasteiger partial charge in [0.05, 0.1) is 0 Å². The summed E-state index contributed by atoms with van der Waals surface area (Å²) in [6.45, 7) is 1.27. The Bertz CT molecular complexity index is 870. The lowest BCUT2D eigenvalue weighted by atomic mass is 10.2. The topological polar surface area (TPSA) is 59.1 Å².